The smallest absolute Gasteiger partial charge is 0.326 e. The molecule has 0 spiro atoms. The first kappa shape index (κ1) is 32.6. The van der Waals surface area contributed by atoms with Crippen LogP contribution in [0, 0.1) is 5.92 Å². The van der Waals surface area contributed by atoms with Gasteiger partial charge in [-0.2, -0.15) is 0 Å². The normalized spacial score (nSPS) is 13.9. The predicted molar refractivity (Wildman–Crippen MR) is 157 cm³/mol. The SMILES string of the molecule is CC(C)CC(NC(=O)C(Cc1ccc(O)cc1)NC(=O)C(Cc1cnc[nH]1)NC(=O)C(N)Cc1ccc(O)cc1)C(=O)O. The van der Waals surface area contributed by atoms with Gasteiger partial charge in [0.15, 0.2) is 0 Å². The van der Waals surface area contributed by atoms with Gasteiger partial charge >= 0.3 is 5.97 Å². The quantitative estimate of drug-likeness (QED) is 0.124. The molecule has 3 aromatic rings. The van der Waals surface area contributed by atoms with E-state index in [1.165, 1.54) is 36.8 Å². The Kier molecular flexibility index (Phi) is 11.6. The molecule has 0 aliphatic carbocycles. The minimum absolute atomic E-state index is 0.00213. The molecule has 0 fully saturated rings. The number of hydrogen-bond acceptors (Lipinski definition) is 8. The number of carbonyl (C=O) groups excluding carboxylic acids is 3. The van der Waals surface area contributed by atoms with Crippen molar-refractivity contribution in [3.8, 4) is 11.5 Å². The zero-order valence-corrected chi connectivity index (χ0v) is 24.0. The molecule has 9 N–H and O–H groups in total. The fraction of sp³-hybridized carbons (Fsp3) is 0.367. The van der Waals surface area contributed by atoms with Crippen LogP contribution >= 0.6 is 0 Å². The first-order valence-electron chi connectivity index (χ1n) is 13.8. The number of H-pyrrole nitrogens is 1. The molecular formula is C30H38N6O7. The molecule has 13 heteroatoms. The number of aromatic nitrogens is 2. The van der Waals surface area contributed by atoms with E-state index in [-0.39, 0.29) is 43.1 Å². The Balaban J connectivity index is 1.81. The first-order chi connectivity index (χ1) is 20.4. The van der Waals surface area contributed by atoms with E-state index in [2.05, 4.69) is 25.9 Å². The van der Waals surface area contributed by atoms with E-state index in [0.717, 1.165) is 0 Å². The second-order valence-corrected chi connectivity index (χ2v) is 10.8. The number of phenolic OH excluding ortho intramolecular Hbond substituents is 2. The van der Waals surface area contributed by atoms with Crippen molar-refractivity contribution < 1.29 is 34.5 Å². The molecule has 0 aliphatic heterocycles. The highest BCUT2D eigenvalue weighted by Crippen LogP contribution is 2.14. The predicted octanol–water partition coefficient (Wildman–Crippen LogP) is 0.761. The molecule has 4 unspecified atom stereocenters. The number of amides is 3. The molecule has 0 saturated heterocycles. The van der Waals surface area contributed by atoms with Gasteiger partial charge in [-0.05, 0) is 54.2 Å². The van der Waals surface area contributed by atoms with Crippen LogP contribution in [0.4, 0.5) is 0 Å². The van der Waals surface area contributed by atoms with Crippen molar-refractivity contribution in [1.82, 2.24) is 25.9 Å². The summed E-state index contributed by atoms with van der Waals surface area (Å²) in [5, 5.41) is 36.6. The maximum absolute atomic E-state index is 13.6. The van der Waals surface area contributed by atoms with E-state index in [1.807, 2.05) is 13.8 Å². The van der Waals surface area contributed by atoms with E-state index in [9.17, 15) is 34.5 Å². The van der Waals surface area contributed by atoms with Crippen molar-refractivity contribution in [2.45, 2.75) is 63.7 Å². The standard InChI is InChI=1S/C30H38N6O7/c1-17(2)11-26(30(42)43)36-28(40)24(13-19-5-9-22(38)10-6-19)35-29(41)25(14-20-15-32-16-33-20)34-27(39)23(31)12-18-3-7-21(37)8-4-18/h3-10,15-17,23-26,37-38H,11-14,31H2,1-2H3,(H,32,33)(H,34,39)(H,35,41)(H,36,40)(H,42,43). The van der Waals surface area contributed by atoms with E-state index < -0.39 is 47.9 Å². The molecule has 4 atom stereocenters. The summed E-state index contributed by atoms with van der Waals surface area (Å²) in [6, 6.07) is 7.67. The number of hydrogen-bond donors (Lipinski definition) is 8. The Hall–Kier alpha value is -4.91. The van der Waals surface area contributed by atoms with Gasteiger partial charge in [-0.3, -0.25) is 14.4 Å². The second-order valence-electron chi connectivity index (χ2n) is 10.8. The van der Waals surface area contributed by atoms with Gasteiger partial charge in [-0.15, -0.1) is 0 Å². The number of aromatic amines is 1. The zero-order chi connectivity index (χ0) is 31.5. The number of nitrogens with zero attached hydrogens (tertiary/aromatic N) is 1. The van der Waals surface area contributed by atoms with E-state index in [0.29, 0.717) is 16.8 Å². The lowest BCUT2D eigenvalue weighted by atomic mass is 10.0. The summed E-state index contributed by atoms with van der Waals surface area (Å²) in [6.45, 7) is 3.65. The molecule has 0 aliphatic rings. The third-order valence-corrected chi connectivity index (χ3v) is 6.67. The van der Waals surface area contributed by atoms with E-state index in [1.54, 1.807) is 24.3 Å². The molecule has 3 amide bonds. The van der Waals surface area contributed by atoms with Gasteiger partial charge in [0.2, 0.25) is 17.7 Å². The fourth-order valence-corrected chi connectivity index (χ4v) is 4.40. The molecule has 43 heavy (non-hydrogen) atoms. The number of carboxylic acids is 1. The highest BCUT2D eigenvalue weighted by molar-refractivity contribution is 5.94. The van der Waals surface area contributed by atoms with Gasteiger partial charge in [0, 0.05) is 24.7 Å². The summed E-state index contributed by atoms with van der Waals surface area (Å²) in [6.07, 6.45) is 3.22. The molecule has 0 saturated carbocycles. The average molecular weight is 595 g/mol. The molecule has 0 radical (unpaired) electrons. The van der Waals surface area contributed by atoms with Crippen molar-refractivity contribution in [1.29, 1.82) is 0 Å². The van der Waals surface area contributed by atoms with Crippen LogP contribution in [0.3, 0.4) is 0 Å². The van der Waals surface area contributed by atoms with Crippen LogP contribution in [0.25, 0.3) is 0 Å². The van der Waals surface area contributed by atoms with Gasteiger partial charge in [0.05, 0.1) is 12.4 Å². The van der Waals surface area contributed by atoms with Crippen LogP contribution in [-0.4, -0.2) is 73.1 Å². The maximum atomic E-state index is 13.6. The van der Waals surface area contributed by atoms with Crippen LogP contribution < -0.4 is 21.7 Å². The average Bonchev–Trinajstić information content (AvgIpc) is 3.47. The Morgan fingerprint density at radius 2 is 1.26 bits per heavy atom. The molecule has 1 heterocycles. The van der Waals surface area contributed by atoms with Crippen LogP contribution in [0.1, 0.15) is 37.1 Å². The summed E-state index contributed by atoms with van der Waals surface area (Å²) in [5.41, 5.74) is 7.97. The molecule has 13 nitrogen and oxygen atoms in total. The third-order valence-electron chi connectivity index (χ3n) is 6.67. The minimum Gasteiger partial charge on any atom is -0.508 e. The summed E-state index contributed by atoms with van der Waals surface area (Å²) < 4.78 is 0. The summed E-state index contributed by atoms with van der Waals surface area (Å²) in [4.78, 5) is 58.7. The highest BCUT2D eigenvalue weighted by Gasteiger charge is 2.31. The third kappa shape index (κ3) is 10.5. The maximum Gasteiger partial charge on any atom is 0.326 e. The number of aromatic hydroxyl groups is 2. The Labute approximate surface area is 248 Å². The topological polar surface area (TPSA) is 220 Å². The zero-order valence-electron chi connectivity index (χ0n) is 24.0. The lowest BCUT2D eigenvalue weighted by molar-refractivity contribution is -0.142. The number of nitrogens with two attached hydrogens (primary N) is 1. The Morgan fingerprint density at radius 1 is 0.767 bits per heavy atom. The number of phenols is 2. The summed E-state index contributed by atoms with van der Waals surface area (Å²) in [7, 11) is 0. The van der Waals surface area contributed by atoms with Gasteiger partial charge in [0.1, 0.15) is 29.6 Å². The number of carboxylic acid groups (broad SMARTS) is 1. The van der Waals surface area contributed by atoms with E-state index >= 15 is 0 Å². The van der Waals surface area contributed by atoms with E-state index in [4.69, 9.17) is 5.73 Å². The van der Waals surface area contributed by atoms with Crippen LogP contribution in [0.5, 0.6) is 11.5 Å². The van der Waals surface area contributed by atoms with Gasteiger partial charge in [0.25, 0.3) is 0 Å². The fourth-order valence-electron chi connectivity index (χ4n) is 4.40. The molecule has 1 aromatic heterocycles. The molecule has 0 bridgehead atoms. The monoisotopic (exact) mass is 594 g/mol. The first-order valence-corrected chi connectivity index (χ1v) is 13.8. The van der Waals surface area contributed by atoms with Crippen LogP contribution in [0.15, 0.2) is 61.1 Å². The number of imidazole rings is 1. The molecular weight excluding hydrogens is 556 g/mol. The van der Waals surface area contributed by atoms with Crippen molar-refractivity contribution >= 4 is 23.7 Å². The van der Waals surface area contributed by atoms with Crippen molar-refractivity contribution in [2.75, 3.05) is 0 Å². The largest absolute Gasteiger partial charge is 0.508 e. The number of rotatable bonds is 15. The summed E-state index contributed by atoms with van der Waals surface area (Å²) >= 11 is 0. The lowest BCUT2D eigenvalue weighted by Crippen LogP contribution is -2.58. The molecule has 2 aromatic carbocycles. The molecule has 3 rings (SSSR count). The lowest BCUT2D eigenvalue weighted by Gasteiger charge is -2.25. The number of benzene rings is 2. The van der Waals surface area contributed by atoms with Gasteiger partial charge < -0.3 is 42.0 Å². The van der Waals surface area contributed by atoms with Crippen LogP contribution in [-0.2, 0) is 38.4 Å². The van der Waals surface area contributed by atoms with Crippen molar-refractivity contribution in [2.24, 2.45) is 11.7 Å². The Morgan fingerprint density at radius 3 is 1.74 bits per heavy atom. The summed E-state index contributed by atoms with van der Waals surface area (Å²) in [5.74, 6) is -3.17. The highest BCUT2D eigenvalue weighted by atomic mass is 16.4. The van der Waals surface area contributed by atoms with Gasteiger partial charge in [-0.25, -0.2) is 9.78 Å². The number of aliphatic carboxylic acids is 1. The second kappa shape index (κ2) is 15.4. The Bertz CT molecular complexity index is 1360. The number of nitrogens with one attached hydrogen (secondary N) is 4. The van der Waals surface area contributed by atoms with Crippen molar-refractivity contribution in [3.05, 3.63) is 77.9 Å². The van der Waals surface area contributed by atoms with Crippen LogP contribution in [0.2, 0.25) is 0 Å². The number of carbonyl (C=O) groups is 4. The van der Waals surface area contributed by atoms with Crippen molar-refractivity contribution in [3.63, 3.8) is 0 Å². The molecule has 230 valence electrons. The van der Waals surface area contributed by atoms with Gasteiger partial charge in [-0.1, -0.05) is 38.1 Å². The minimum atomic E-state index is -1.21.